The minimum Gasteiger partial charge on any atom is -0.487 e. The molecule has 0 aliphatic rings. The van der Waals surface area contributed by atoms with Gasteiger partial charge in [-0.1, -0.05) is 12.1 Å². The van der Waals surface area contributed by atoms with Gasteiger partial charge in [0.2, 0.25) is 0 Å². The molecule has 1 aromatic carbocycles. The Morgan fingerprint density at radius 2 is 2.17 bits per heavy atom. The van der Waals surface area contributed by atoms with Crippen LogP contribution in [0.15, 0.2) is 30.3 Å². The number of nitrogens with zero attached hydrogens (tertiary/aromatic N) is 2. The monoisotopic (exact) mass is 264 g/mol. The number of aryl methyl sites for hydroxylation is 2. The summed E-state index contributed by atoms with van der Waals surface area (Å²) >= 11 is 5.80. The molecule has 3 nitrogen and oxygen atoms in total. The summed E-state index contributed by atoms with van der Waals surface area (Å²) < 4.78 is 7.73. The highest BCUT2D eigenvalue weighted by Gasteiger charge is 2.05. The Bertz CT molecular complexity index is 522. The summed E-state index contributed by atoms with van der Waals surface area (Å²) in [5.41, 5.74) is 3.17. The number of benzene rings is 1. The van der Waals surface area contributed by atoms with Crippen molar-refractivity contribution in [3.8, 4) is 5.75 Å². The summed E-state index contributed by atoms with van der Waals surface area (Å²) in [6, 6.07) is 9.90. The number of hydrogen-bond donors (Lipinski definition) is 0. The van der Waals surface area contributed by atoms with Crippen molar-refractivity contribution in [1.29, 1.82) is 0 Å². The van der Waals surface area contributed by atoms with E-state index in [9.17, 15) is 0 Å². The van der Waals surface area contributed by atoms with Crippen LogP contribution in [0.2, 0.25) is 0 Å². The molecule has 0 aliphatic carbocycles. The predicted molar refractivity (Wildman–Crippen MR) is 73.0 cm³/mol. The number of hydrogen-bond acceptors (Lipinski definition) is 2. The number of alkyl halides is 1. The van der Waals surface area contributed by atoms with Crippen LogP contribution < -0.4 is 4.74 Å². The minimum absolute atomic E-state index is 0.503. The number of halogens is 1. The second kappa shape index (κ2) is 5.91. The fourth-order valence-corrected chi connectivity index (χ4v) is 2.03. The molecule has 0 saturated carbocycles. The standard InChI is InChI=1S/C14H17ClN2O/c1-3-17-13(7-11(2)16-17)10-18-14-6-4-5-12(8-14)9-15/h4-8H,3,9-10H2,1-2H3. The summed E-state index contributed by atoms with van der Waals surface area (Å²) in [5.74, 6) is 1.35. The van der Waals surface area contributed by atoms with Gasteiger partial charge in [0.25, 0.3) is 0 Å². The van der Waals surface area contributed by atoms with Crippen molar-refractivity contribution < 1.29 is 4.74 Å². The van der Waals surface area contributed by atoms with Crippen LogP contribution >= 0.6 is 11.6 Å². The zero-order valence-corrected chi connectivity index (χ0v) is 11.4. The molecule has 0 amide bonds. The summed E-state index contributed by atoms with van der Waals surface area (Å²) in [6.07, 6.45) is 0. The van der Waals surface area contributed by atoms with Crippen LogP contribution in [0.5, 0.6) is 5.75 Å². The highest BCUT2D eigenvalue weighted by Crippen LogP contribution is 2.16. The molecule has 0 N–H and O–H groups in total. The largest absolute Gasteiger partial charge is 0.487 e. The molecular formula is C14H17ClN2O. The molecule has 96 valence electrons. The van der Waals surface area contributed by atoms with E-state index in [0.717, 1.165) is 29.2 Å². The van der Waals surface area contributed by atoms with Crippen LogP contribution in [0.25, 0.3) is 0 Å². The number of rotatable bonds is 5. The Kier molecular flexibility index (Phi) is 4.26. The maximum atomic E-state index is 5.80. The lowest BCUT2D eigenvalue weighted by atomic mass is 10.2. The molecule has 0 radical (unpaired) electrons. The van der Waals surface area contributed by atoms with Crippen molar-refractivity contribution in [3.05, 3.63) is 47.3 Å². The zero-order valence-electron chi connectivity index (χ0n) is 10.7. The van der Waals surface area contributed by atoms with Gasteiger partial charge < -0.3 is 4.74 Å². The van der Waals surface area contributed by atoms with Crippen LogP contribution in [0.3, 0.4) is 0 Å². The quantitative estimate of drug-likeness (QED) is 0.773. The van der Waals surface area contributed by atoms with Gasteiger partial charge in [-0.15, -0.1) is 11.6 Å². The van der Waals surface area contributed by atoms with Gasteiger partial charge in [0, 0.05) is 12.4 Å². The highest BCUT2D eigenvalue weighted by molar-refractivity contribution is 6.17. The van der Waals surface area contributed by atoms with Gasteiger partial charge in [0.05, 0.1) is 11.4 Å². The normalized spacial score (nSPS) is 10.6. The fourth-order valence-electron chi connectivity index (χ4n) is 1.86. The van der Waals surface area contributed by atoms with Crippen molar-refractivity contribution in [2.24, 2.45) is 0 Å². The first-order valence-corrected chi connectivity index (χ1v) is 6.57. The van der Waals surface area contributed by atoms with E-state index in [-0.39, 0.29) is 0 Å². The molecule has 2 aromatic rings. The van der Waals surface area contributed by atoms with E-state index in [0.29, 0.717) is 12.5 Å². The Morgan fingerprint density at radius 1 is 1.33 bits per heavy atom. The van der Waals surface area contributed by atoms with Crippen molar-refractivity contribution in [3.63, 3.8) is 0 Å². The first kappa shape index (κ1) is 13.0. The molecule has 0 saturated heterocycles. The molecule has 0 fully saturated rings. The van der Waals surface area contributed by atoms with Crippen molar-refractivity contribution >= 4 is 11.6 Å². The van der Waals surface area contributed by atoms with Gasteiger partial charge in [-0.25, -0.2) is 0 Å². The number of ether oxygens (including phenoxy) is 1. The van der Waals surface area contributed by atoms with Gasteiger partial charge in [-0.2, -0.15) is 5.10 Å². The van der Waals surface area contributed by atoms with Crippen molar-refractivity contribution in [2.75, 3.05) is 0 Å². The van der Waals surface area contributed by atoms with Crippen LogP contribution in [-0.2, 0) is 19.0 Å². The highest BCUT2D eigenvalue weighted by atomic mass is 35.5. The third-order valence-electron chi connectivity index (χ3n) is 2.72. The molecule has 0 atom stereocenters. The summed E-state index contributed by atoms with van der Waals surface area (Å²) in [4.78, 5) is 0. The van der Waals surface area contributed by atoms with E-state index < -0.39 is 0 Å². The van der Waals surface area contributed by atoms with E-state index in [1.165, 1.54) is 0 Å². The molecule has 18 heavy (non-hydrogen) atoms. The van der Waals surface area contributed by atoms with Gasteiger partial charge >= 0.3 is 0 Å². The Hall–Kier alpha value is -1.48. The third-order valence-corrected chi connectivity index (χ3v) is 3.03. The smallest absolute Gasteiger partial charge is 0.130 e. The van der Waals surface area contributed by atoms with Crippen LogP contribution in [0, 0.1) is 6.92 Å². The van der Waals surface area contributed by atoms with E-state index >= 15 is 0 Å². The van der Waals surface area contributed by atoms with E-state index in [1.807, 2.05) is 35.9 Å². The SMILES string of the molecule is CCn1nc(C)cc1COc1cccc(CCl)c1. The predicted octanol–water partition coefficient (Wildman–Crippen LogP) is 3.53. The van der Waals surface area contributed by atoms with Gasteiger partial charge in [0.1, 0.15) is 12.4 Å². The summed E-state index contributed by atoms with van der Waals surface area (Å²) in [5, 5.41) is 4.39. The van der Waals surface area contributed by atoms with Crippen molar-refractivity contribution in [1.82, 2.24) is 9.78 Å². The van der Waals surface area contributed by atoms with Crippen LogP contribution in [-0.4, -0.2) is 9.78 Å². The lowest BCUT2D eigenvalue weighted by Crippen LogP contribution is -2.06. The third kappa shape index (κ3) is 3.05. The molecule has 0 spiro atoms. The molecule has 0 unspecified atom stereocenters. The molecule has 1 aromatic heterocycles. The molecular weight excluding hydrogens is 248 g/mol. The maximum Gasteiger partial charge on any atom is 0.130 e. The van der Waals surface area contributed by atoms with E-state index in [1.54, 1.807) is 0 Å². The Labute approximate surface area is 112 Å². The lowest BCUT2D eigenvalue weighted by molar-refractivity contribution is 0.292. The van der Waals surface area contributed by atoms with Gasteiger partial charge in [-0.3, -0.25) is 4.68 Å². The molecule has 0 bridgehead atoms. The summed E-state index contributed by atoms with van der Waals surface area (Å²) in [7, 11) is 0. The van der Waals surface area contributed by atoms with E-state index in [4.69, 9.17) is 16.3 Å². The maximum absolute atomic E-state index is 5.80. The molecule has 4 heteroatoms. The molecule has 0 aliphatic heterocycles. The molecule has 2 rings (SSSR count). The van der Waals surface area contributed by atoms with Crippen LogP contribution in [0.4, 0.5) is 0 Å². The van der Waals surface area contributed by atoms with Gasteiger partial charge in [-0.05, 0) is 37.6 Å². The lowest BCUT2D eigenvalue weighted by Gasteiger charge is -2.08. The first-order chi connectivity index (χ1) is 8.72. The topological polar surface area (TPSA) is 27.1 Å². The van der Waals surface area contributed by atoms with Crippen molar-refractivity contribution in [2.45, 2.75) is 32.9 Å². The Morgan fingerprint density at radius 3 is 2.89 bits per heavy atom. The second-order valence-corrected chi connectivity index (χ2v) is 4.43. The summed E-state index contributed by atoms with van der Waals surface area (Å²) in [6.45, 7) is 5.45. The zero-order chi connectivity index (χ0) is 13.0. The van der Waals surface area contributed by atoms with Gasteiger partial charge in [0.15, 0.2) is 0 Å². The average molecular weight is 265 g/mol. The molecule has 1 heterocycles. The van der Waals surface area contributed by atoms with Crippen LogP contribution in [0.1, 0.15) is 23.9 Å². The fraction of sp³-hybridized carbons (Fsp3) is 0.357. The number of aromatic nitrogens is 2. The minimum atomic E-state index is 0.503. The Balaban J connectivity index is 2.06. The average Bonchev–Trinajstić information content (AvgIpc) is 2.77. The second-order valence-electron chi connectivity index (χ2n) is 4.16. The van der Waals surface area contributed by atoms with E-state index in [2.05, 4.69) is 18.1 Å². The first-order valence-electron chi connectivity index (χ1n) is 6.04.